The van der Waals surface area contributed by atoms with E-state index in [1.54, 1.807) is 0 Å². The molecule has 0 radical (unpaired) electrons. The van der Waals surface area contributed by atoms with E-state index in [1.807, 2.05) is 0 Å². The van der Waals surface area contributed by atoms with Gasteiger partial charge in [-0.2, -0.15) is 0 Å². The molecule has 1 aliphatic heterocycles. The predicted molar refractivity (Wildman–Crippen MR) is 70.7 cm³/mol. The van der Waals surface area contributed by atoms with E-state index in [4.69, 9.17) is 5.73 Å². The van der Waals surface area contributed by atoms with Gasteiger partial charge in [-0.05, 0) is 45.2 Å². The Hall–Kier alpha value is -0.610. The Balaban J connectivity index is 2.15. The third-order valence-corrected chi connectivity index (χ3v) is 3.51. The van der Waals surface area contributed by atoms with Crippen LogP contribution in [0.3, 0.4) is 0 Å². The number of nitrogens with two attached hydrogens (primary N) is 1. The van der Waals surface area contributed by atoms with E-state index >= 15 is 0 Å². The van der Waals surface area contributed by atoms with Crippen molar-refractivity contribution in [2.45, 2.75) is 51.6 Å². The molecule has 0 aromatic heterocycles. The second kappa shape index (κ2) is 6.97. The van der Waals surface area contributed by atoms with Crippen LogP contribution in [0.25, 0.3) is 0 Å². The van der Waals surface area contributed by atoms with E-state index in [0.717, 1.165) is 19.4 Å². The van der Waals surface area contributed by atoms with E-state index < -0.39 is 0 Å². The lowest BCUT2D eigenvalue weighted by Crippen LogP contribution is -2.42. The Morgan fingerprint density at radius 3 is 2.76 bits per heavy atom. The van der Waals surface area contributed by atoms with E-state index in [0.29, 0.717) is 12.0 Å². The Kier molecular flexibility index (Phi) is 5.92. The maximum atomic E-state index is 11.7. The van der Waals surface area contributed by atoms with Crippen LogP contribution >= 0.6 is 0 Å². The summed E-state index contributed by atoms with van der Waals surface area (Å²) in [6, 6.07) is 0.285. The lowest BCUT2D eigenvalue weighted by Gasteiger charge is -2.20. The van der Waals surface area contributed by atoms with Crippen molar-refractivity contribution < 1.29 is 4.79 Å². The first kappa shape index (κ1) is 14.5. The molecular formula is C13H27N3O. The van der Waals surface area contributed by atoms with Crippen LogP contribution in [0.5, 0.6) is 0 Å². The summed E-state index contributed by atoms with van der Waals surface area (Å²) < 4.78 is 0. The van der Waals surface area contributed by atoms with Crippen molar-refractivity contribution in [2.75, 3.05) is 20.1 Å². The largest absolute Gasteiger partial charge is 0.355 e. The smallest absolute Gasteiger partial charge is 0.236 e. The maximum Gasteiger partial charge on any atom is 0.236 e. The van der Waals surface area contributed by atoms with Crippen LogP contribution < -0.4 is 11.1 Å². The van der Waals surface area contributed by atoms with Crippen molar-refractivity contribution in [3.63, 3.8) is 0 Å². The van der Waals surface area contributed by atoms with Gasteiger partial charge in [-0.1, -0.05) is 13.8 Å². The number of nitrogens with zero attached hydrogens (tertiary/aromatic N) is 1. The zero-order valence-corrected chi connectivity index (χ0v) is 11.4. The van der Waals surface area contributed by atoms with Gasteiger partial charge in [0.1, 0.15) is 0 Å². The molecule has 0 aromatic rings. The van der Waals surface area contributed by atoms with Gasteiger partial charge in [-0.25, -0.2) is 0 Å². The minimum Gasteiger partial charge on any atom is -0.355 e. The molecule has 1 heterocycles. The molecule has 0 saturated carbocycles. The maximum absolute atomic E-state index is 11.7. The molecule has 1 fully saturated rings. The number of likely N-dealkylation sites (tertiary alicyclic amines) is 1. The second-order valence-corrected chi connectivity index (χ2v) is 5.59. The number of rotatable bonds is 6. The molecule has 1 aliphatic rings. The molecule has 1 rings (SSSR count). The summed E-state index contributed by atoms with van der Waals surface area (Å²) in [4.78, 5) is 14.1. The third-order valence-electron chi connectivity index (χ3n) is 3.51. The fourth-order valence-corrected chi connectivity index (χ4v) is 2.45. The molecule has 0 spiro atoms. The first-order chi connectivity index (χ1) is 8.00. The first-order valence-electron chi connectivity index (χ1n) is 6.74. The van der Waals surface area contributed by atoms with Crippen molar-refractivity contribution in [3.05, 3.63) is 0 Å². The molecule has 1 unspecified atom stereocenters. The summed E-state index contributed by atoms with van der Waals surface area (Å²) >= 11 is 0. The van der Waals surface area contributed by atoms with Gasteiger partial charge in [-0.3, -0.25) is 4.79 Å². The van der Waals surface area contributed by atoms with Crippen molar-refractivity contribution in [1.82, 2.24) is 10.2 Å². The predicted octanol–water partition coefficient (Wildman–Crippen LogP) is 0.960. The molecular weight excluding hydrogens is 214 g/mol. The summed E-state index contributed by atoms with van der Waals surface area (Å²) in [5, 5.41) is 2.94. The fourth-order valence-electron chi connectivity index (χ4n) is 2.45. The van der Waals surface area contributed by atoms with Gasteiger partial charge in [0.15, 0.2) is 0 Å². The number of hydrogen-bond acceptors (Lipinski definition) is 3. The molecule has 1 saturated heterocycles. The highest BCUT2D eigenvalue weighted by atomic mass is 16.2. The SMILES string of the molecule is CC(C)C[C@H](N)C(=O)NCCC1CCCN1C. The average Bonchev–Trinajstić information content (AvgIpc) is 2.63. The monoisotopic (exact) mass is 241 g/mol. The Bertz CT molecular complexity index is 243. The Labute approximate surface area is 105 Å². The van der Waals surface area contributed by atoms with Gasteiger partial charge in [0.25, 0.3) is 0 Å². The standard InChI is InChI=1S/C13H27N3O/c1-10(2)9-12(14)13(17)15-7-6-11-5-4-8-16(11)3/h10-12H,4-9,14H2,1-3H3,(H,15,17)/t11?,12-/m0/s1. The van der Waals surface area contributed by atoms with E-state index in [-0.39, 0.29) is 11.9 Å². The third kappa shape index (κ3) is 5.04. The number of hydrogen-bond donors (Lipinski definition) is 2. The number of nitrogens with one attached hydrogen (secondary N) is 1. The van der Waals surface area contributed by atoms with Gasteiger partial charge in [0, 0.05) is 12.6 Å². The summed E-state index contributed by atoms with van der Waals surface area (Å²) in [6.07, 6.45) is 4.33. The zero-order valence-electron chi connectivity index (χ0n) is 11.4. The molecule has 4 heteroatoms. The van der Waals surface area contributed by atoms with Crippen LogP contribution in [-0.2, 0) is 4.79 Å². The van der Waals surface area contributed by atoms with Gasteiger partial charge in [-0.15, -0.1) is 0 Å². The second-order valence-electron chi connectivity index (χ2n) is 5.59. The van der Waals surface area contributed by atoms with Gasteiger partial charge >= 0.3 is 0 Å². The van der Waals surface area contributed by atoms with E-state index in [1.165, 1.54) is 19.4 Å². The first-order valence-corrected chi connectivity index (χ1v) is 6.74. The van der Waals surface area contributed by atoms with Crippen LogP contribution in [0.15, 0.2) is 0 Å². The molecule has 4 nitrogen and oxygen atoms in total. The van der Waals surface area contributed by atoms with Crippen molar-refractivity contribution in [1.29, 1.82) is 0 Å². The van der Waals surface area contributed by atoms with Crippen LogP contribution in [0.2, 0.25) is 0 Å². The fraction of sp³-hybridized carbons (Fsp3) is 0.923. The van der Waals surface area contributed by atoms with Crippen LogP contribution in [0, 0.1) is 5.92 Å². The normalized spacial score (nSPS) is 23.0. The quantitative estimate of drug-likeness (QED) is 0.728. The molecule has 0 aromatic carbocycles. The highest BCUT2D eigenvalue weighted by Gasteiger charge is 2.21. The van der Waals surface area contributed by atoms with Gasteiger partial charge in [0.2, 0.25) is 5.91 Å². The summed E-state index contributed by atoms with van der Waals surface area (Å²) in [5.41, 5.74) is 5.82. The molecule has 1 amide bonds. The van der Waals surface area contributed by atoms with Crippen molar-refractivity contribution in [2.24, 2.45) is 11.7 Å². The summed E-state index contributed by atoms with van der Waals surface area (Å²) in [5.74, 6) is 0.469. The van der Waals surface area contributed by atoms with Crippen LogP contribution in [0.1, 0.15) is 39.5 Å². The molecule has 17 heavy (non-hydrogen) atoms. The topological polar surface area (TPSA) is 58.4 Å². The Morgan fingerprint density at radius 2 is 2.24 bits per heavy atom. The molecule has 2 atom stereocenters. The number of carbonyl (C=O) groups excluding carboxylic acids is 1. The van der Waals surface area contributed by atoms with E-state index in [2.05, 4.69) is 31.1 Å². The van der Waals surface area contributed by atoms with Crippen LogP contribution in [-0.4, -0.2) is 43.0 Å². The van der Waals surface area contributed by atoms with E-state index in [9.17, 15) is 4.79 Å². The lowest BCUT2D eigenvalue weighted by atomic mass is 10.0. The Morgan fingerprint density at radius 1 is 1.53 bits per heavy atom. The van der Waals surface area contributed by atoms with Crippen LogP contribution in [0.4, 0.5) is 0 Å². The average molecular weight is 241 g/mol. The summed E-state index contributed by atoms with van der Waals surface area (Å²) in [6.45, 7) is 6.10. The summed E-state index contributed by atoms with van der Waals surface area (Å²) in [7, 11) is 2.16. The highest BCUT2D eigenvalue weighted by molar-refractivity contribution is 5.81. The zero-order chi connectivity index (χ0) is 12.8. The number of amides is 1. The molecule has 0 aliphatic carbocycles. The van der Waals surface area contributed by atoms with Crippen molar-refractivity contribution >= 4 is 5.91 Å². The minimum atomic E-state index is -0.351. The lowest BCUT2D eigenvalue weighted by molar-refractivity contribution is -0.122. The van der Waals surface area contributed by atoms with Crippen molar-refractivity contribution in [3.8, 4) is 0 Å². The molecule has 100 valence electrons. The van der Waals surface area contributed by atoms with Gasteiger partial charge in [0.05, 0.1) is 6.04 Å². The molecule has 3 N–H and O–H groups in total. The highest BCUT2D eigenvalue weighted by Crippen LogP contribution is 2.16. The van der Waals surface area contributed by atoms with Gasteiger partial charge < -0.3 is 16.0 Å². The number of carbonyl (C=O) groups is 1. The molecule has 0 bridgehead atoms. The minimum absolute atomic E-state index is 0.000602.